The predicted molar refractivity (Wildman–Crippen MR) is 64.3 cm³/mol. The first-order valence-corrected chi connectivity index (χ1v) is 6.23. The van der Waals surface area contributed by atoms with Crippen LogP contribution >= 0.6 is 11.8 Å². The lowest BCUT2D eigenvalue weighted by atomic mass is 10.2. The Morgan fingerprint density at radius 2 is 2.13 bits per heavy atom. The molecule has 0 amide bonds. The highest BCUT2D eigenvalue weighted by atomic mass is 32.2. The fraction of sp³-hybridized carbons (Fsp3) is 0.417. The van der Waals surface area contributed by atoms with E-state index in [-0.39, 0.29) is 0 Å². The molecule has 1 aromatic carbocycles. The van der Waals surface area contributed by atoms with Gasteiger partial charge in [-0.1, -0.05) is 19.1 Å². The van der Waals surface area contributed by atoms with Gasteiger partial charge in [-0.15, -0.1) is 0 Å². The van der Waals surface area contributed by atoms with Crippen LogP contribution in [0.1, 0.15) is 18.9 Å². The Balaban J connectivity index is 2.34. The normalized spacial score (nSPS) is 9.60. The summed E-state index contributed by atoms with van der Waals surface area (Å²) in [5, 5.41) is 8.82. The molecular formula is C12H15NOS. The molecule has 0 fully saturated rings. The average molecular weight is 221 g/mol. The van der Waals surface area contributed by atoms with Crippen LogP contribution in [0.5, 0.6) is 5.75 Å². The molecule has 1 rings (SSSR count). The Morgan fingerprint density at radius 1 is 1.33 bits per heavy atom. The van der Waals surface area contributed by atoms with Crippen LogP contribution in [0.15, 0.2) is 24.3 Å². The highest BCUT2D eigenvalue weighted by Crippen LogP contribution is 2.16. The van der Waals surface area contributed by atoms with Crippen molar-refractivity contribution >= 4 is 11.8 Å². The number of nitriles is 1. The maximum Gasteiger partial charge on any atom is 0.137 e. The maximum atomic E-state index is 8.82. The van der Waals surface area contributed by atoms with Gasteiger partial charge in [-0.2, -0.15) is 17.0 Å². The zero-order valence-corrected chi connectivity index (χ0v) is 9.72. The molecule has 0 radical (unpaired) electrons. The number of nitrogens with zero attached hydrogens (tertiary/aromatic N) is 1. The molecule has 2 nitrogen and oxygen atoms in total. The number of ether oxygens (including phenoxy) is 1. The van der Waals surface area contributed by atoms with Gasteiger partial charge in [-0.05, 0) is 24.3 Å². The first-order chi connectivity index (χ1) is 7.38. The van der Waals surface area contributed by atoms with Gasteiger partial charge in [-0.3, -0.25) is 0 Å². The van der Waals surface area contributed by atoms with Crippen molar-refractivity contribution in [3.63, 3.8) is 0 Å². The van der Waals surface area contributed by atoms with Crippen LogP contribution in [0.2, 0.25) is 0 Å². The topological polar surface area (TPSA) is 33.0 Å². The predicted octanol–water partition coefficient (Wildman–Crippen LogP) is 3.08. The highest BCUT2D eigenvalue weighted by molar-refractivity contribution is 7.99. The molecule has 0 atom stereocenters. The minimum Gasteiger partial charge on any atom is -0.491 e. The largest absolute Gasteiger partial charge is 0.491 e. The summed E-state index contributed by atoms with van der Waals surface area (Å²) in [6.07, 6.45) is 1.19. The summed E-state index contributed by atoms with van der Waals surface area (Å²) in [7, 11) is 0. The number of hydrogen-bond donors (Lipinski definition) is 0. The summed E-state index contributed by atoms with van der Waals surface area (Å²) in [5.41, 5.74) is 0.609. The zero-order valence-electron chi connectivity index (χ0n) is 8.90. The molecule has 0 N–H and O–H groups in total. The maximum absolute atomic E-state index is 8.82. The van der Waals surface area contributed by atoms with Crippen molar-refractivity contribution in [2.75, 3.05) is 18.1 Å². The van der Waals surface area contributed by atoms with E-state index in [9.17, 15) is 0 Å². The third-order valence-electron chi connectivity index (χ3n) is 1.84. The van der Waals surface area contributed by atoms with Gasteiger partial charge in [0.15, 0.2) is 0 Å². The molecule has 80 valence electrons. The quantitative estimate of drug-likeness (QED) is 0.692. The third kappa shape index (κ3) is 4.26. The van der Waals surface area contributed by atoms with Gasteiger partial charge in [0.2, 0.25) is 0 Å². The Labute approximate surface area is 95.3 Å². The number of hydrogen-bond acceptors (Lipinski definition) is 3. The molecule has 0 aliphatic carbocycles. The van der Waals surface area contributed by atoms with Crippen molar-refractivity contribution in [2.24, 2.45) is 0 Å². The van der Waals surface area contributed by atoms with E-state index in [4.69, 9.17) is 10.00 Å². The van der Waals surface area contributed by atoms with E-state index in [0.717, 1.165) is 5.75 Å². The van der Waals surface area contributed by atoms with E-state index in [1.807, 2.05) is 30.0 Å². The Bertz CT molecular complexity index is 333. The number of rotatable bonds is 6. The van der Waals surface area contributed by atoms with Crippen molar-refractivity contribution in [3.05, 3.63) is 29.8 Å². The summed E-state index contributed by atoms with van der Waals surface area (Å²) in [6.45, 7) is 2.84. The molecule has 3 heteroatoms. The zero-order chi connectivity index (χ0) is 10.9. The molecule has 0 bridgehead atoms. The van der Waals surface area contributed by atoms with Crippen LogP contribution in [0.4, 0.5) is 0 Å². The number of para-hydroxylation sites is 1. The minimum atomic E-state index is 0.609. The molecule has 0 aliphatic rings. The van der Waals surface area contributed by atoms with Crippen LogP contribution in [0.25, 0.3) is 0 Å². The van der Waals surface area contributed by atoms with Crippen LogP contribution in [-0.2, 0) is 0 Å². The lowest BCUT2D eigenvalue weighted by Gasteiger charge is -2.06. The van der Waals surface area contributed by atoms with Gasteiger partial charge in [0.05, 0.1) is 12.2 Å². The standard InChI is InChI=1S/C12H15NOS/c1-2-8-15-9-7-14-12-6-4-3-5-11(12)10-13/h3-6H,2,7-9H2,1H3. The van der Waals surface area contributed by atoms with Crippen LogP contribution < -0.4 is 4.74 Å². The average Bonchev–Trinajstić information content (AvgIpc) is 2.29. The van der Waals surface area contributed by atoms with Gasteiger partial charge < -0.3 is 4.74 Å². The highest BCUT2D eigenvalue weighted by Gasteiger charge is 2.00. The monoisotopic (exact) mass is 221 g/mol. The van der Waals surface area contributed by atoms with Crippen molar-refractivity contribution in [1.82, 2.24) is 0 Å². The second-order valence-corrected chi connectivity index (χ2v) is 4.29. The first kappa shape index (κ1) is 11.9. The van der Waals surface area contributed by atoms with Gasteiger partial charge in [0, 0.05) is 5.75 Å². The van der Waals surface area contributed by atoms with Crippen LogP contribution in [0.3, 0.4) is 0 Å². The lowest BCUT2D eigenvalue weighted by Crippen LogP contribution is -2.01. The Kier molecular flexibility index (Phi) is 5.72. The smallest absolute Gasteiger partial charge is 0.137 e. The lowest BCUT2D eigenvalue weighted by molar-refractivity contribution is 0.343. The fourth-order valence-electron chi connectivity index (χ4n) is 1.14. The van der Waals surface area contributed by atoms with Gasteiger partial charge in [0.25, 0.3) is 0 Å². The molecular weight excluding hydrogens is 206 g/mol. The Hall–Kier alpha value is -1.14. The van der Waals surface area contributed by atoms with E-state index < -0.39 is 0 Å². The summed E-state index contributed by atoms with van der Waals surface area (Å²) in [5.74, 6) is 2.84. The van der Waals surface area contributed by atoms with Crippen LogP contribution in [-0.4, -0.2) is 18.1 Å². The minimum absolute atomic E-state index is 0.609. The number of thioether (sulfide) groups is 1. The van der Waals surface area contributed by atoms with E-state index >= 15 is 0 Å². The first-order valence-electron chi connectivity index (χ1n) is 5.08. The molecule has 15 heavy (non-hydrogen) atoms. The fourth-order valence-corrected chi connectivity index (χ4v) is 1.84. The molecule has 0 aliphatic heterocycles. The van der Waals surface area contributed by atoms with E-state index in [2.05, 4.69) is 13.0 Å². The second-order valence-electron chi connectivity index (χ2n) is 3.07. The molecule has 0 saturated carbocycles. The van der Waals surface area contributed by atoms with Crippen molar-refractivity contribution in [1.29, 1.82) is 5.26 Å². The molecule has 1 aromatic rings. The van der Waals surface area contributed by atoms with Gasteiger partial charge in [0.1, 0.15) is 11.8 Å². The van der Waals surface area contributed by atoms with Crippen molar-refractivity contribution in [3.8, 4) is 11.8 Å². The molecule has 0 spiro atoms. The second kappa shape index (κ2) is 7.19. The Morgan fingerprint density at radius 3 is 2.87 bits per heavy atom. The van der Waals surface area contributed by atoms with E-state index in [1.54, 1.807) is 6.07 Å². The van der Waals surface area contributed by atoms with Crippen LogP contribution in [0, 0.1) is 11.3 Å². The molecule has 0 heterocycles. The van der Waals surface area contributed by atoms with E-state index in [1.165, 1.54) is 12.2 Å². The summed E-state index contributed by atoms with van der Waals surface area (Å²) in [4.78, 5) is 0. The molecule has 0 aromatic heterocycles. The summed E-state index contributed by atoms with van der Waals surface area (Å²) >= 11 is 1.88. The van der Waals surface area contributed by atoms with Crippen molar-refractivity contribution in [2.45, 2.75) is 13.3 Å². The third-order valence-corrected chi connectivity index (χ3v) is 2.99. The van der Waals surface area contributed by atoms with Gasteiger partial charge in [-0.25, -0.2) is 0 Å². The van der Waals surface area contributed by atoms with E-state index in [0.29, 0.717) is 17.9 Å². The SMILES string of the molecule is CCCSCCOc1ccccc1C#N. The van der Waals surface area contributed by atoms with Crippen molar-refractivity contribution < 1.29 is 4.74 Å². The summed E-state index contributed by atoms with van der Waals surface area (Å²) < 4.78 is 5.53. The number of benzene rings is 1. The molecule has 0 unspecified atom stereocenters. The summed E-state index contributed by atoms with van der Waals surface area (Å²) in [6, 6.07) is 9.45. The molecule has 0 saturated heterocycles. The van der Waals surface area contributed by atoms with Gasteiger partial charge >= 0.3 is 0 Å².